The van der Waals surface area contributed by atoms with E-state index >= 15 is 0 Å². The van der Waals surface area contributed by atoms with Crippen LogP contribution in [-0.2, 0) is 0 Å². The fraction of sp³-hybridized carbons (Fsp3) is 0.793. The Bertz CT molecular complexity index is 727. The molecule has 8 atom stereocenters. The van der Waals surface area contributed by atoms with E-state index in [1.807, 2.05) is 0 Å². The molecule has 0 radical (unpaired) electrons. The first-order valence-corrected chi connectivity index (χ1v) is 13.0. The van der Waals surface area contributed by atoms with Crippen LogP contribution in [0.4, 0.5) is 0 Å². The highest BCUT2D eigenvalue weighted by Gasteiger charge is 2.56. The summed E-state index contributed by atoms with van der Waals surface area (Å²) >= 11 is 0. The topological polar surface area (TPSA) is 20.2 Å². The lowest BCUT2D eigenvalue weighted by Gasteiger charge is -2.55. The second-order valence-corrected chi connectivity index (χ2v) is 12.1. The summed E-state index contributed by atoms with van der Waals surface area (Å²) in [5, 5.41) is 10.2. The van der Waals surface area contributed by atoms with Crippen LogP contribution >= 0.6 is 0 Å². The molecule has 0 unspecified atom stereocenters. The van der Waals surface area contributed by atoms with Gasteiger partial charge < -0.3 is 5.11 Å². The molecule has 1 nitrogen and oxygen atoms in total. The fourth-order valence-electron chi connectivity index (χ4n) is 8.17. The van der Waals surface area contributed by atoms with Crippen LogP contribution in [0.25, 0.3) is 0 Å². The molecule has 0 saturated heterocycles. The maximum atomic E-state index is 10.2. The molecule has 0 aromatic carbocycles. The molecule has 4 aliphatic rings. The Balaban J connectivity index is 1.56. The number of aliphatic hydroxyl groups is 1. The Labute approximate surface area is 186 Å². The van der Waals surface area contributed by atoms with Gasteiger partial charge in [-0.05, 0) is 97.7 Å². The molecule has 1 N–H and O–H groups in total. The van der Waals surface area contributed by atoms with Crippen LogP contribution in [0.2, 0.25) is 0 Å². The first-order chi connectivity index (χ1) is 14.2. The third-order valence-corrected chi connectivity index (χ3v) is 10.2. The van der Waals surface area contributed by atoms with Crippen LogP contribution in [0.3, 0.4) is 0 Å². The van der Waals surface area contributed by atoms with Gasteiger partial charge in [-0.25, -0.2) is 0 Å². The molecule has 3 fully saturated rings. The summed E-state index contributed by atoms with van der Waals surface area (Å²) in [6.45, 7) is 14.7. The second kappa shape index (κ2) is 8.27. The van der Waals surface area contributed by atoms with E-state index in [0.717, 1.165) is 42.4 Å². The minimum Gasteiger partial charge on any atom is -0.393 e. The summed E-state index contributed by atoms with van der Waals surface area (Å²) in [6, 6.07) is 0. The molecule has 3 saturated carbocycles. The molecular weight excluding hydrogens is 364 g/mol. The van der Waals surface area contributed by atoms with Crippen molar-refractivity contribution in [2.24, 2.45) is 46.3 Å². The maximum absolute atomic E-state index is 10.2. The quantitative estimate of drug-likeness (QED) is 0.460. The summed E-state index contributed by atoms with van der Waals surface area (Å²) in [6.07, 6.45) is 19.7. The van der Waals surface area contributed by atoms with Crippen molar-refractivity contribution >= 4 is 0 Å². The second-order valence-electron chi connectivity index (χ2n) is 12.1. The van der Waals surface area contributed by atoms with Gasteiger partial charge in [-0.2, -0.15) is 0 Å². The lowest BCUT2D eigenvalue weighted by Crippen LogP contribution is -2.46. The molecule has 1 heteroatoms. The zero-order chi connectivity index (χ0) is 21.7. The average molecular weight is 411 g/mol. The smallest absolute Gasteiger partial charge is 0.0578 e. The third-order valence-electron chi connectivity index (χ3n) is 10.2. The molecule has 0 amide bonds. The zero-order valence-corrected chi connectivity index (χ0v) is 20.5. The molecule has 4 aliphatic carbocycles. The fourth-order valence-corrected chi connectivity index (χ4v) is 8.17. The van der Waals surface area contributed by atoms with Crippen molar-refractivity contribution in [2.75, 3.05) is 0 Å². The van der Waals surface area contributed by atoms with Crippen molar-refractivity contribution in [3.05, 3.63) is 35.5 Å². The van der Waals surface area contributed by atoms with Crippen molar-refractivity contribution in [3.8, 4) is 0 Å². The standard InChI is InChI=1S/C29H46O/c1-7-21(19(2)3)9-8-20(4)25-12-13-26-24-11-10-22-18-23(30)14-16-28(22,5)27(24)15-17-29(25,26)6/h8-11,19-21,23,25-27,30H,7,12-18H2,1-6H3/b9-8+/t20-,21-,23+,25-,26+,27+,28+,29-/m1/s1. The van der Waals surface area contributed by atoms with Crippen molar-refractivity contribution < 1.29 is 5.11 Å². The highest BCUT2D eigenvalue weighted by molar-refractivity contribution is 5.39. The van der Waals surface area contributed by atoms with E-state index in [1.165, 1.54) is 44.1 Å². The number of rotatable bonds is 5. The monoisotopic (exact) mass is 410 g/mol. The SMILES string of the molecule is CC[C@H](/C=C/[C@@H](C)[C@H]1CC[C@H]2C3=CC=C4C[C@@H](O)CC[C@]4(C)[C@H]3CC[C@]12C)C(C)C. The summed E-state index contributed by atoms with van der Waals surface area (Å²) in [5.74, 6) is 4.45. The van der Waals surface area contributed by atoms with Crippen molar-refractivity contribution in [1.82, 2.24) is 0 Å². The Morgan fingerprint density at radius 3 is 2.47 bits per heavy atom. The molecule has 0 aromatic rings. The number of aliphatic hydroxyl groups excluding tert-OH is 1. The molecule has 4 rings (SSSR count). The molecule has 0 spiro atoms. The van der Waals surface area contributed by atoms with Crippen LogP contribution in [0, 0.1) is 46.3 Å². The van der Waals surface area contributed by atoms with Gasteiger partial charge in [-0.15, -0.1) is 0 Å². The van der Waals surface area contributed by atoms with E-state index in [0.29, 0.717) is 16.7 Å². The lowest BCUT2D eigenvalue weighted by molar-refractivity contribution is 0.0382. The van der Waals surface area contributed by atoms with Gasteiger partial charge in [0.15, 0.2) is 0 Å². The average Bonchev–Trinajstić information content (AvgIpc) is 3.06. The largest absolute Gasteiger partial charge is 0.393 e. The van der Waals surface area contributed by atoms with E-state index in [1.54, 1.807) is 5.57 Å². The van der Waals surface area contributed by atoms with Crippen molar-refractivity contribution in [2.45, 2.75) is 99.0 Å². The number of fused-ring (bicyclic) bond motifs is 5. The van der Waals surface area contributed by atoms with Crippen LogP contribution in [0.1, 0.15) is 92.9 Å². The first kappa shape index (κ1) is 22.4. The summed E-state index contributed by atoms with van der Waals surface area (Å²) in [4.78, 5) is 0. The van der Waals surface area contributed by atoms with E-state index < -0.39 is 0 Å². The molecule has 0 aromatic heterocycles. The maximum Gasteiger partial charge on any atom is 0.0578 e. The zero-order valence-electron chi connectivity index (χ0n) is 20.5. The summed E-state index contributed by atoms with van der Waals surface area (Å²) in [5.41, 5.74) is 4.07. The van der Waals surface area contributed by atoms with Crippen molar-refractivity contribution in [1.29, 1.82) is 0 Å². The first-order valence-electron chi connectivity index (χ1n) is 13.0. The Hall–Kier alpha value is -0.820. The van der Waals surface area contributed by atoms with Gasteiger partial charge in [0.1, 0.15) is 0 Å². The molecule has 0 bridgehead atoms. The molecule has 0 aliphatic heterocycles. The van der Waals surface area contributed by atoms with Gasteiger partial charge in [-0.1, -0.05) is 77.0 Å². The van der Waals surface area contributed by atoms with Gasteiger partial charge in [0.05, 0.1) is 6.10 Å². The predicted molar refractivity (Wildman–Crippen MR) is 128 cm³/mol. The normalized spacial score (nSPS) is 42.9. The number of allylic oxidation sites excluding steroid dienone is 5. The third kappa shape index (κ3) is 3.58. The van der Waals surface area contributed by atoms with Crippen molar-refractivity contribution in [3.63, 3.8) is 0 Å². The number of hydrogen-bond acceptors (Lipinski definition) is 1. The van der Waals surface area contributed by atoms with Gasteiger partial charge in [-0.3, -0.25) is 0 Å². The van der Waals surface area contributed by atoms with E-state index in [-0.39, 0.29) is 6.10 Å². The van der Waals surface area contributed by atoms with E-state index in [9.17, 15) is 5.11 Å². The Morgan fingerprint density at radius 1 is 1.00 bits per heavy atom. The lowest BCUT2D eigenvalue weighted by atomic mass is 9.50. The van der Waals surface area contributed by atoms with Crippen LogP contribution in [0.15, 0.2) is 35.5 Å². The van der Waals surface area contributed by atoms with E-state index in [4.69, 9.17) is 0 Å². The van der Waals surface area contributed by atoms with E-state index in [2.05, 4.69) is 65.8 Å². The minimum atomic E-state index is -0.116. The molecule has 30 heavy (non-hydrogen) atoms. The molecule has 168 valence electrons. The highest BCUT2D eigenvalue weighted by Crippen LogP contribution is 2.66. The molecule has 0 heterocycles. The van der Waals surface area contributed by atoms with Crippen LogP contribution < -0.4 is 0 Å². The van der Waals surface area contributed by atoms with Gasteiger partial charge in [0.2, 0.25) is 0 Å². The Morgan fingerprint density at radius 2 is 1.77 bits per heavy atom. The van der Waals surface area contributed by atoms with Gasteiger partial charge in [0, 0.05) is 0 Å². The van der Waals surface area contributed by atoms with Crippen LogP contribution in [0.5, 0.6) is 0 Å². The summed E-state index contributed by atoms with van der Waals surface area (Å²) < 4.78 is 0. The molecular formula is C29H46O. The number of hydrogen-bond donors (Lipinski definition) is 1. The minimum absolute atomic E-state index is 0.116. The summed E-state index contributed by atoms with van der Waals surface area (Å²) in [7, 11) is 0. The van der Waals surface area contributed by atoms with Gasteiger partial charge in [0.25, 0.3) is 0 Å². The Kier molecular flexibility index (Phi) is 6.17. The predicted octanol–water partition coefficient (Wildman–Crippen LogP) is 7.72. The highest BCUT2D eigenvalue weighted by atomic mass is 16.3. The van der Waals surface area contributed by atoms with Gasteiger partial charge >= 0.3 is 0 Å². The van der Waals surface area contributed by atoms with Crippen LogP contribution in [-0.4, -0.2) is 11.2 Å².